The molecule has 2 aromatic rings. The third-order valence-electron chi connectivity index (χ3n) is 4.28. The SMILES string of the molecule is Cc1nnsc1C(=O)N1CCOC(C(=O)N(C)CCc2ccccn2)C1. The monoisotopic (exact) mass is 375 g/mol. The Hall–Kier alpha value is -2.39. The van der Waals surface area contributed by atoms with Gasteiger partial charge in [0, 0.05) is 38.4 Å². The molecule has 2 aromatic heterocycles. The lowest BCUT2D eigenvalue weighted by Gasteiger charge is -2.33. The van der Waals surface area contributed by atoms with Crippen molar-refractivity contribution >= 4 is 23.3 Å². The van der Waals surface area contributed by atoms with Gasteiger partial charge in [0.05, 0.1) is 18.8 Å². The van der Waals surface area contributed by atoms with E-state index < -0.39 is 6.10 Å². The van der Waals surface area contributed by atoms with Gasteiger partial charge in [0.15, 0.2) is 6.10 Å². The van der Waals surface area contributed by atoms with E-state index in [9.17, 15) is 9.59 Å². The molecule has 1 aliphatic heterocycles. The predicted molar refractivity (Wildman–Crippen MR) is 95.9 cm³/mol. The number of rotatable bonds is 5. The van der Waals surface area contributed by atoms with E-state index in [-0.39, 0.29) is 18.4 Å². The highest BCUT2D eigenvalue weighted by Gasteiger charge is 2.32. The molecule has 0 spiro atoms. The number of hydrogen-bond donors (Lipinski definition) is 0. The van der Waals surface area contributed by atoms with Gasteiger partial charge in [0.25, 0.3) is 11.8 Å². The van der Waals surface area contributed by atoms with E-state index >= 15 is 0 Å². The van der Waals surface area contributed by atoms with Crippen LogP contribution in [0.5, 0.6) is 0 Å². The van der Waals surface area contributed by atoms with E-state index in [0.717, 1.165) is 17.2 Å². The summed E-state index contributed by atoms with van der Waals surface area (Å²) in [6.45, 7) is 3.33. The van der Waals surface area contributed by atoms with Crippen molar-refractivity contribution in [1.29, 1.82) is 0 Å². The third kappa shape index (κ3) is 4.23. The van der Waals surface area contributed by atoms with Crippen molar-refractivity contribution in [2.24, 2.45) is 0 Å². The van der Waals surface area contributed by atoms with Crippen LogP contribution in [-0.2, 0) is 16.0 Å². The molecule has 26 heavy (non-hydrogen) atoms. The summed E-state index contributed by atoms with van der Waals surface area (Å²) >= 11 is 1.08. The number of carbonyl (C=O) groups excluding carboxylic acids is 2. The van der Waals surface area contributed by atoms with Gasteiger partial charge < -0.3 is 14.5 Å². The molecule has 1 fully saturated rings. The van der Waals surface area contributed by atoms with Gasteiger partial charge in [0.2, 0.25) is 0 Å². The van der Waals surface area contributed by atoms with Crippen LogP contribution in [0.25, 0.3) is 0 Å². The smallest absolute Gasteiger partial charge is 0.267 e. The number of morpholine rings is 1. The number of aryl methyl sites for hydroxylation is 1. The Bertz CT molecular complexity index is 767. The summed E-state index contributed by atoms with van der Waals surface area (Å²) in [7, 11) is 1.74. The van der Waals surface area contributed by atoms with Crippen molar-refractivity contribution in [3.05, 3.63) is 40.7 Å². The largest absolute Gasteiger partial charge is 0.365 e. The normalized spacial score (nSPS) is 17.2. The standard InChI is InChI=1S/C17H21N5O3S/c1-12-15(26-20-19-12)17(24)22-9-10-25-14(11-22)16(23)21(2)8-6-13-5-3-4-7-18-13/h3-5,7,14H,6,8-11H2,1-2H3. The molecule has 0 saturated carbocycles. The van der Waals surface area contributed by atoms with Gasteiger partial charge in [-0.25, -0.2) is 0 Å². The van der Waals surface area contributed by atoms with E-state index in [4.69, 9.17) is 4.74 Å². The Kier molecular flexibility index (Phi) is 5.89. The maximum Gasteiger partial charge on any atom is 0.267 e. The van der Waals surface area contributed by atoms with Crippen LogP contribution < -0.4 is 0 Å². The van der Waals surface area contributed by atoms with Crippen LogP contribution in [0.15, 0.2) is 24.4 Å². The summed E-state index contributed by atoms with van der Waals surface area (Å²) in [5.74, 6) is -0.271. The second-order valence-corrected chi connectivity index (χ2v) is 6.88. The van der Waals surface area contributed by atoms with E-state index in [1.807, 2.05) is 18.2 Å². The van der Waals surface area contributed by atoms with E-state index in [1.54, 1.807) is 30.0 Å². The van der Waals surface area contributed by atoms with Gasteiger partial charge in [-0.1, -0.05) is 10.6 Å². The van der Waals surface area contributed by atoms with Gasteiger partial charge in [-0.15, -0.1) is 5.10 Å². The van der Waals surface area contributed by atoms with Crippen molar-refractivity contribution in [2.75, 3.05) is 33.3 Å². The lowest BCUT2D eigenvalue weighted by Crippen LogP contribution is -2.52. The first-order valence-electron chi connectivity index (χ1n) is 8.41. The number of nitrogens with zero attached hydrogens (tertiary/aromatic N) is 5. The lowest BCUT2D eigenvalue weighted by atomic mass is 10.2. The number of carbonyl (C=O) groups is 2. The van der Waals surface area contributed by atoms with Crippen molar-refractivity contribution < 1.29 is 14.3 Å². The molecule has 8 nitrogen and oxygen atoms in total. The molecule has 0 N–H and O–H groups in total. The van der Waals surface area contributed by atoms with E-state index in [2.05, 4.69) is 14.6 Å². The summed E-state index contributed by atoms with van der Waals surface area (Å²) in [4.78, 5) is 33.3. The number of ether oxygens (including phenoxy) is 1. The Morgan fingerprint density at radius 3 is 2.96 bits per heavy atom. The van der Waals surface area contributed by atoms with Crippen molar-refractivity contribution in [3.8, 4) is 0 Å². The maximum atomic E-state index is 12.7. The molecule has 0 aromatic carbocycles. The first-order valence-corrected chi connectivity index (χ1v) is 9.18. The van der Waals surface area contributed by atoms with Gasteiger partial charge in [-0.2, -0.15) is 0 Å². The van der Waals surface area contributed by atoms with Crippen molar-refractivity contribution in [3.63, 3.8) is 0 Å². The Balaban J connectivity index is 1.57. The minimum Gasteiger partial charge on any atom is -0.365 e. The summed E-state index contributed by atoms with van der Waals surface area (Å²) in [5, 5.41) is 3.88. The second-order valence-electron chi connectivity index (χ2n) is 6.13. The molecule has 1 unspecified atom stereocenters. The van der Waals surface area contributed by atoms with E-state index in [0.29, 0.717) is 36.7 Å². The fourth-order valence-electron chi connectivity index (χ4n) is 2.74. The minimum absolute atomic E-state index is 0.127. The zero-order valence-corrected chi connectivity index (χ0v) is 15.6. The topological polar surface area (TPSA) is 88.5 Å². The molecule has 0 bridgehead atoms. The molecule has 1 aliphatic rings. The van der Waals surface area contributed by atoms with Crippen LogP contribution in [-0.4, -0.2) is 75.6 Å². The van der Waals surface area contributed by atoms with Crippen LogP contribution in [0.3, 0.4) is 0 Å². The number of hydrogen-bond acceptors (Lipinski definition) is 7. The summed E-state index contributed by atoms with van der Waals surface area (Å²) in [5.41, 5.74) is 1.54. The molecule has 3 heterocycles. The highest BCUT2D eigenvalue weighted by molar-refractivity contribution is 7.07. The quantitative estimate of drug-likeness (QED) is 0.767. The molecule has 9 heteroatoms. The highest BCUT2D eigenvalue weighted by atomic mass is 32.1. The van der Waals surface area contributed by atoms with E-state index in [1.165, 1.54) is 0 Å². The first-order chi connectivity index (χ1) is 12.6. The Morgan fingerprint density at radius 1 is 1.42 bits per heavy atom. The third-order valence-corrected chi connectivity index (χ3v) is 5.10. The summed E-state index contributed by atoms with van der Waals surface area (Å²) in [6, 6.07) is 5.72. The molecule has 138 valence electrons. The number of likely N-dealkylation sites (N-methyl/N-ethyl adjacent to an activating group) is 1. The minimum atomic E-state index is -0.650. The molecular formula is C17H21N5O3S. The summed E-state index contributed by atoms with van der Waals surface area (Å²) in [6.07, 6.45) is 1.76. The van der Waals surface area contributed by atoms with Crippen LogP contribution in [0.4, 0.5) is 0 Å². The fraction of sp³-hybridized carbons (Fsp3) is 0.471. The lowest BCUT2D eigenvalue weighted by molar-refractivity contribution is -0.146. The second kappa shape index (κ2) is 8.33. The average Bonchev–Trinajstić information content (AvgIpc) is 3.11. The molecule has 1 saturated heterocycles. The van der Waals surface area contributed by atoms with Gasteiger partial charge in [-0.05, 0) is 30.6 Å². The number of amides is 2. The molecule has 1 atom stereocenters. The number of pyridine rings is 1. The summed E-state index contributed by atoms with van der Waals surface area (Å²) < 4.78 is 9.42. The van der Waals surface area contributed by atoms with Crippen LogP contribution >= 0.6 is 11.5 Å². The highest BCUT2D eigenvalue weighted by Crippen LogP contribution is 2.16. The maximum absolute atomic E-state index is 12.7. The molecular weight excluding hydrogens is 354 g/mol. The fourth-order valence-corrected chi connectivity index (χ4v) is 3.36. The Labute approximate surface area is 155 Å². The number of aromatic nitrogens is 3. The van der Waals surface area contributed by atoms with Crippen LogP contribution in [0.2, 0.25) is 0 Å². The molecule has 0 radical (unpaired) electrons. The Morgan fingerprint density at radius 2 is 2.27 bits per heavy atom. The molecule has 0 aliphatic carbocycles. The van der Waals surface area contributed by atoms with Crippen LogP contribution in [0, 0.1) is 6.92 Å². The van der Waals surface area contributed by atoms with Crippen molar-refractivity contribution in [2.45, 2.75) is 19.4 Å². The van der Waals surface area contributed by atoms with Gasteiger partial charge >= 0.3 is 0 Å². The molecule has 2 amide bonds. The first kappa shape index (κ1) is 18.4. The van der Waals surface area contributed by atoms with Gasteiger partial charge in [-0.3, -0.25) is 14.6 Å². The zero-order valence-electron chi connectivity index (χ0n) is 14.8. The van der Waals surface area contributed by atoms with Crippen LogP contribution in [0.1, 0.15) is 21.1 Å². The average molecular weight is 375 g/mol. The predicted octanol–water partition coefficient (Wildman–Crippen LogP) is 0.784. The van der Waals surface area contributed by atoms with Crippen molar-refractivity contribution in [1.82, 2.24) is 24.4 Å². The zero-order chi connectivity index (χ0) is 18.5. The van der Waals surface area contributed by atoms with Gasteiger partial charge in [0.1, 0.15) is 4.88 Å². The molecule has 3 rings (SSSR count).